The predicted molar refractivity (Wildman–Crippen MR) is 36.6 cm³/mol. The van der Waals surface area contributed by atoms with Crippen molar-refractivity contribution in [2.45, 2.75) is 0 Å². The Kier molecular flexibility index (Phi) is 2.13. The number of carboxylic acid groups (broad SMARTS) is 1. The molecule has 1 N–H and O–H groups in total. The Morgan fingerprint density at radius 2 is 2.44 bits per heavy atom. The minimum absolute atomic E-state index is 0.319. The van der Waals surface area contributed by atoms with Gasteiger partial charge in [0.05, 0.1) is 15.7 Å². The van der Waals surface area contributed by atoms with Gasteiger partial charge in [-0.1, -0.05) is 10.8 Å². The number of hydrogen-bond acceptors (Lipinski definition) is 3. The summed E-state index contributed by atoms with van der Waals surface area (Å²) in [5.41, 5.74) is 0. The van der Waals surface area contributed by atoms with Crippen LogP contribution in [-0.2, 0) is 14.6 Å². The van der Waals surface area contributed by atoms with E-state index in [1.807, 2.05) is 0 Å². The largest absolute Gasteiger partial charge is 0.481 e. The standard InChI is InChI=1S/C4H6O3S2/c5-4(6)3-1-8-9(7)2-3/h3H,1-2H2,(H,5,6). The van der Waals surface area contributed by atoms with E-state index in [4.69, 9.17) is 5.11 Å². The second-order valence-electron chi connectivity index (χ2n) is 1.79. The van der Waals surface area contributed by atoms with Crippen molar-refractivity contribution < 1.29 is 14.1 Å². The highest BCUT2D eigenvalue weighted by Crippen LogP contribution is 2.24. The van der Waals surface area contributed by atoms with Crippen LogP contribution >= 0.6 is 10.8 Å². The molecule has 1 aliphatic rings. The molecule has 1 saturated heterocycles. The van der Waals surface area contributed by atoms with E-state index in [0.29, 0.717) is 11.5 Å². The van der Waals surface area contributed by atoms with Crippen molar-refractivity contribution in [1.82, 2.24) is 0 Å². The van der Waals surface area contributed by atoms with Crippen molar-refractivity contribution >= 4 is 26.6 Å². The number of carboxylic acids is 1. The van der Waals surface area contributed by atoms with Gasteiger partial charge in [0.25, 0.3) is 0 Å². The molecule has 2 unspecified atom stereocenters. The number of aliphatic carboxylic acids is 1. The topological polar surface area (TPSA) is 54.4 Å². The lowest BCUT2D eigenvalue weighted by atomic mass is 10.2. The maximum Gasteiger partial charge on any atom is 0.308 e. The highest BCUT2D eigenvalue weighted by atomic mass is 33.1. The molecule has 0 spiro atoms. The molecular weight excluding hydrogens is 160 g/mol. The van der Waals surface area contributed by atoms with Gasteiger partial charge in [-0.2, -0.15) is 0 Å². The molecule has 2 atom stereocenters. The summed E-state index contributed by atoms with van der Waals surface area (Å²) >= 11 is 0. The predicted octanol–water partition coefficient (Wildman–Crippen LogP) is 0.0977. The maximum atomic E-state index is 10.6. The van der Waals surface area contributed by atoms with Crippen LogP contribution in [0.5, 0.6) is 0 Å². The third-order valence-electron chi connectivity index (χ3n) is 1.09. The Bertz CT molecular complexity index is 156. The first-order chi connectivity index (χ1) is 4.20. The molecule has 1 aliphatic heterocycles. The minimum Gasteiger partial charge on any atom is -0.481 e. The molecule has 1 fully saturated rings. The first-order valence-electron chi connectivity index (χ1n) is 2.44. The fourth-order valence-corrected chi connectivity index (χ4v) is 3.70. The van der Waals surface area contributed by atoms with Crippen LogP contribution in [0.4, 0.5) is 0 Å². The molecule has 52 valence electrons. The summed E-state index contributed by atoms with van der Waals surface area (Å²) in [7, 11) is 0.287. The molecule has 0 aromatic rings. The number of carbonyl (C=O) groups is 1. The lowest BCUT2D eigenvalue weighted by molar-refractivity contribution is -0.140. The fourth-order valence-electron chi connectivity index (χ4n) is 0.561. The van der Waals surface area contributed by atoms with Gasteiger partial charge in [0.2, 0.25) is 0 Å². The number of hydrogen-bond donors (Lipinski definition) is 1. The summed E-state index contributed by atoms with van der Waals surface area (Å²) in [6.07, 6.45) is 0. The molecule has 0 aromatic heterocycles. The highest BCUT2D eigenvalue weighted by Gasteiger charge is 2.27. The van der Waals surface area contributed by atoms with Crippen LogP contribution in [0.2, 0.25) is 0 Å². The zero-order chi connectivity index (χ0) is 6.85. The Labute approximate surface area is 58.7 Å². The van der Waals surface area contributed by atoms with Crippen LogP contribution < -0.4 is 0 Å². The van der Waals surface area contributed by atoms with Crippen molar-refractivity contribution in [3.63, 3.8) is 0 Å². The quantitative estimate of drug-likeness (QED) is 0.561. The van der Waals surface area contributed by atoms with Gasteiger partial charge in [-0.3, -0.25) is 4.79 Å². The molecule has 0 saturated carbocycles. The molecular formula is C4H6O3S2. The molecule has 0 amide bonds. The SMILES string of the molecule is O=C(O)C1CSS(=O)C1. The van der Waals surface area contributed by atoms with Crippen molar-refractivity contribution in [3.05, 3.63) is 0 Å². The van der Waals surface area contributed by atoms with Gasteiger partial charge in [-0.15, -0.1) is 0 Å². The Morgan fingerprint density at radius 1 is 1.78 bits per heavy atom. The number of rotatable bonds is 1. The van der Waals surface area contributed by atoms with Crippen LogP contribution in [0, 0.1) is 5.92 Å². The van der Waals surface area contributed by atoms with E-state index in [9.17, 15) is 9.00 Å². The van der Waals surface area contributed by atoms with Crippen LogP contribution in [0.25, 0.3) is 0 Å². The second kappa shape index (κ2) is 2.70. The fraction of sp³-hybridized carbons (Fsp3) is 0.750. The third kappa shape index (κ3) is 1.69. The first kappa shape index (κ1) is 7.08. The molecule has 5 heteroatoms. The van der Waals surface area contributed by atoms with Gasteiger partial charge < -0.3 is 5.11 Å². The van der Waals surface area contributed by atoms with Crippen LogP contribution in [-0.4, -0.2) is 26.8 Å². The van der Waals surface area contributed by atoms with Crippen molar-refractivity contribution in [2.75, 3.05) is 11.5 Å². The van der Waals surface area contributed by atoms with E-state index in [2.05, 4.69) is 0 Å². The van der Waals surface area contributed by atoms with Gasteiger partial charge in [0.15, 0.2) is 0 Å². The summed E-state index contributed by atoms with van der Waals surface area (Å²) in [6, 6.07) is 0. The van der Waals surface area contributed by atoms with Crippen molar-refractivity contribution in [3.8, 4) is 0 Å². The Morgan fingerprint density at radius 3 is 2.67 bits per heavy atom. The van der Waals surface area contributed by atoms with Crippen LogP contribution in [0.3, 0.4) is 0 Å². The zero-order valence-corrected chi connectivity index (χ0v) is 6.20. The van der Waals surface area contributed by atoms with E-state index in [0.717, 1.165) is 0 Å². The first-order valence-corrected chi connectivity index (χ1v) is 5.26. The van der Waals surface area contributed by atoms with E-state index in [-0.39, 0.29) is 5.92 Å². The third-order valence-corrected chi connectivity index (χ3v) is 4.17. The van der Waals surface area contributed by atoms with Gasteiger partial charge in [-0.05, 0) is 0 Å². The maximum absolute atomic E-state index is 10.6. The molecule has 9 heavy (non-hydrogen) atoms. The van der Waals surface area contributed by atoms with E-state index < -0.39 is 15.8 Å². The minimum atomic E-state index is -0.938. The molecule has 0 aromatic carbocycles. The summed E-state index contributed by atoms with van der Waals surface area (Å²) in [5, 5.41) is 8.38. The molecule has 1 heterocycles. The van der Waals surface area contributed by atoms with E-state index in [1.165, 1.54) is 10.8 Å². The summed E-state index contributed by atoms with van der Waals surface area (Å²) in [5.74, 6) is -0.383. The second-order valence-corrected chi connectivity index (χ2v) is 5.12. The van der Waals surface area contributed by atoms with Gasteiger partial charge >= 0.3 is 5.97 Å². The summed E-state index contributed by atoms with van der Waals surface area (Å²) in [6.45, 7) is 0. The van der Waals surface area contributed by atoms with Crippen molar-refractivity contribution in [2.24, 2.45) is 5.92 Å². The monoisotopic (exact) mass is 166 g/mol. The van der Waals surface area contributed by atoms with Gasteiger partial charge in [0, 0.05) is 11.5 Å². The molecule has 1 rings (SSSR count). The molecule has 0 bridgehead atoms. The molecule has 3 nitrogen and oxygen atoms in total. The molecule has 0 radical (unpaired) electrons. The summed E-state index contributed by atoms with van der Waals surface area (Å²) < 4.78 is 10.6. The Balaban J connectivity index is 2.48. The normalized spacial score (nSPS) is 34.7. The van der Waals surface area contributed by atoms with Gasteiger partial charge in [0.1, 0.15) is 0 Å². The lowest BCUT2D eigenvalue weighted by Crippen LogP contribution is -2.15. The van der Waals surface area contributed by atoms with Crippen molar-refractivity contribution in [1.29, 1.82) is 0 Å². The summed E-state index contributed by atoms with van der Waals surface area (Å²) in [4.78, 5) is 10.2. The van der Waals surface area contributed by atoms with Gasteiger partial charge in [-0.25, -0.2) is 4.21 Å². The average molecular weight is 166 g/mol. The van der Waals surface area contributed by atoms with Crippen LogP contribution in [0.1, 0.15) is 0 Å². The Hall–Kier alpha value is -0.0300. The smallest absolute Gasteiger partial charge is 0.308 e. The zero-order valence-electron chi connectivity index (χ0n) is 4.57. The molecule has 0 aliphatic carbocycles. The van der Waals surface area contributed by atoms with Crippen LogP contribution in [0.15, 0.2) is 0 Å². The van der Waals surface area contributed by atoms with E-state index >= 15 is 0 Å². The van der Waals surface area contributed by atoms with E-state index in [1.54, 1.807) is 0 Å². The highest BCUT2D eigenvalue weighted by molar-refractivity contribution is 8.69. The average Bonchev–Trinajstić information content (AvgIpc) is 2.14. The lowest BCUT2D eigenvalue weighted by Gasteiger charge is -1.94.